The molecular formula is C39H29N3. The fraction of sp³-hybridized carbons (Fsp3) is 0.0513. The first-order valence-electron chi connectivity index (χ1n) is 14.5. The number of fused-ring (bicyclic) bond motifs is 2. The standard InChI is InChI=1S/C39H29N3/c1-3-11-28(12-4-1)36-26-25-33(27-40-36)41(30-15-5-2-6-16-30)31-21-23-32(24-22-31)42-37-19-8-7-17-34(37)35-18-9-13-29-14-10-20-38(42)39(29)35/h1-21,23-27,31H,22H2. The molecule has 1 unspecified atom stereocenters. The van der Waals surface area contributed by atoms with Crippen LogP contribution >= 0.6 is 0 Å². The number of hydrogen-bond donors (Lipinski definition) is 0. The van der Waals surface area contributed by atoms with E-state index in [0.29, 0.717) is 0 Å². The third-order valence-corrected chi connectivity index (χ3v) is 8.34. The van der Waals surface area contributed by atoms with Gasteiger partial charge in [-0.3, -0.25) is 4.98 Å². The number of aromatic nitrogens is 1. The fourth-order valence-electron chi connectivity index (χ4n) is 6.42. The Balaban J connectivity index is 1.16. The number of para-hydroxylation sites is 2. The van der Waals surface area contributed by atoms with Crippen molar-refractivity contribution in [2.75, 3.05) is 9.80 Å². The number of rotatable bonds is 5. The van der Waals surface area contributed by atoms with Gasteiger partial charge < -0.3 is 9.80 Å². The van der Waals surface area contributed by atoms with Crippen molar-refractivity contribution >= 4 is 33.5 Å². The summed E-state index contributed by atoms with van der Waals surface area (Å²) in [5, 5.41) is 2.58. The van der Waals surface area contributed by atoms with Gasteiger partial charge in [0.15, 0.2) is 0 Å². The van der Waals surface area contributed by atoms with Crippen molar-refractivity contribution in [3.63, 3.8) is 0 Å². The summed E-state index contributed by atoms with van der Waals surface area (Å²) in [6.07, 6.45) is 9.89. The second-order valence-corrected chi connectivity index (χ2v) is 10.8. The Hall–Kier alpha value is -5.41. The minimum absolute atomic E-state index is 0.156. The van der Waals surface area contributed by atoms with Gasteiger partial charge >= 0.3 is 0 Å². The van der Waals surface area contributed by atoms with E-state index < -0.39 is 0 Å². The quantitative estimate of drug-likeness (QED) is 0.217. The van der Waals surface area contributed by atoms with E-state index >= 15 is 0 Å². The highest BCUT2D eigenvalue weighted by molar-refractivity contribution is 6.12. The highest BCUT2D eigenvalue weighted by Crippen LogP contribution is 2.49. The van der Waals surface area contributed by atoms with Crippen LogP contribution in [-0.4, -0.2) is 11.0 Å². The zero-order valence-electron chi connectivity index (χ0n) is 23.1. The summed E-state index contributed by atoms with van der Waals surface area (Å²) in [5.74, 6) is 0. The molecular weight excluding hydrogens is 510 g/mol. The Morgan fingerprint density at radius 1 is 0.619 bits per heavy atom. The van der Waals surface area contributed by atoms with Crippen LogP contribution in [0.15, 0.2) is 164 Å². The number of nitrogens with zero attached hydrogens (tertiary/aromatic N) is 3. The molecule has 0 amide bonds. The van der Waals surface area contributed by atoms with Crippen LogP contribution in [0.4, 0.5) is 22.7 Å². The molecule has 1 aliphatic heterocycles. The zero-order chi connectivity index (χ0) is 27.9. The van der Waals surface area contributed by atoms with Crippen LogP contribution in [-0.2, 0) is 0 Å². The average molecular weight is 540 g/mol. The minimum Gasteiger partial charge on any atom is -0.333 e. The summed E-state index contributed by atoms with van der Waals surface area (Å²) in [4.78, 5) is 9.68. The maximum atomic E-state index is 4.86. The molecule has 2 heterocycles. The Kier molecular flexibility index (Phi) is 5.93. The third-order valence-electron chi connectivity index (χ3n) is 8.34. The lowest BCUT2D eigenvalue weighted by Gasteiger charge is -2.37. The lowest BCUT2D eigenvalue weighted by molar-refractivity contribution is 0.775. The number of anilines is 4. The van der Waals surface area contributed by atoms with Gasteiger partial charge in [-0.1, -0.05) is 109 Å². The molecule has 6 aromatic rings. The van der Waals surface area contributed by atoms with E-state index in [2.05, 4.69) is 155 Å². The van der Waals surface area contributed by atoms with E-state index in [-0.39, 0.29) is 6.04 Å². The first kappa shape index (κ1) is 24.4. The summed E-state index contributed by atoms with van der Waals surface area (Å²) in [6, 6.07) is 47.5. The SMILES string of the molecule is C1=CC(N(c2ccccc2)c2ccc(-c3ccccc3)nc2)CC=C1N1c2ccccc2-c2cccc3cccc1c23. The normalized spacial score (nSPS) is 15.3. The molecule has 0 N–H and O–H groups in total. The maximum Gasteiger partial charge on any atom is 0.0703 e. The van der Waals surface area contributed by atoms with Gasteiger partial charge in [0.2, 0.25) is 0 Å². The molecule has 1 atom stereocenters. The molecule has 200 valence electrons. The lowest BCUT2D eigenvalue weighted by atomic mass is 9.90. The Bertz CT molecular complexity index is 1950. The molecule has 1 aliphatic carbocycles. The Labute approximate surface area is 246 Å². The van der Waals surface area contributed by atoms with Crippen molar-refractivity contribution in [1.82, 2.24) is 4.98 Å². The van der Waals surface area contributed by atoms with Gasteiger partial charge in [-0.2, -0.15) is 0 Å². The highest BCUT2D eigenvalue weighted by Gasteiger charge is 2.28. The largest absolute Gasteiger partial charge is 0.333 e. The molecule has 0 bridgehead atoms. The van der Waals surface area contributed by atoms with Crippen LogP contribution in [0.2, 0.25) is 0 Å². The first-order valence-corrected chi connectivity index (χ1v) is 14.5. The van der Waals surface area contributed by atoms with Gasteiger partial charge in [-0.15, -0.1) is 0 Å². The van der Waals surface area contributed by atoms with Crippen LogP contribution in [0.5, 0.6) is 0 Å². The molecule has 0 saturated carbocycles. The molecule has 0 saturated heterocycles. The first-order chi connectivity index (χ1) is 20.8. The number of pyridine rings is 1. The molecule has 0 spiro atoms. The van der Waals surface area contributed by atoms with Crippen molar-refractivity contribution < 1.29 is 0 Å². The maximum absolute atomic E-state index is 4.86. The molecule has 3 heteroatoms. The second-order valence-electron chi connectivity index (χ2n) is 10.8. The summed E-state index contributed by atoms with van der Waals surface area (Å²) in [5.41, 5.74) is 10.6. The van der Waals surface area contributed by atoms with Crippen LogP contribution < -0.4 is 9.80 Å². The van der Waals surface area contributed by atoms with E-state index in [1.807, 2.05) is 12.3 Å². The Morgan fingerprint density at radius 3 is 2.10 bits per heavy atom. The third kappa shape index (κ3) is 4.10. The van der Waals surface area contributed by atoms with E-state index in [1.165, 1.54) is 39.0 Å². The predicted molar refractivity (Wildman–Crippen MR) is 175 cm³/mol. The van der Waals surface area contributed by atoms with Crippen molar-refractivity contribution in [2.45, 2.75) is 12.5 Å². The molecule has 0 fully saturated rings. The summed E-state index contributed by atoms with van der Waals surface area (Å²) >= 11 is 0. The molecule has 0 radical (unpaired) electrons. The van der Waals surface area contributed by atoms with Crippen LogP contribution in [0, 0.1) is 0 Å². The molecule has 1 aromatic heterocycles. The van der Waals surface area contributed by atoms with Crippen molar-refractivity contribution in [3.05, 3.63) is 164 Å². The summed E-state index contributed by atoms with van der Waals surface area (Å²) in [6.45, 7) is 0. The van der Waals surface area contributed by atoms with E-state index in [9.17, 15) is 0 Å². The van der Waals surface area contributed by atoms with Crippen molar-refractivity contribution in [1.29, 1.82) is 0 Å². The van der Waals surface area contributed by atoms with Gasteiger partial charge in [0, 0.05) is 27.9 Å². The van der Waals surface area contributed by atoms with Gasteiger partial charge in [0.25, 0.3) is 0 Å². The smallest absolute Gasteiger partial charge is 0.0703 e. The summed E-state index contributed by atoms with van der Waals surface area (Å²) < 4.78 is 0. The molecule has 3 nitrogen and oxygen atoms in total. The minimum atomic E-state index is 0.156. The number of benzene rings is 5. The molecule has 5 aromatic carbocycles. The number of allylic oxidation sites excluding steroid dienone is 1. The highest BCUT2D eigenvalue weighted by atomic mass is 15.2. The topological polar surface area (TPSA) is 19.4 Å². The number of hydrogen-bond acceptors (Lipinski definition) is 3. The molecule has 8 rings (SSSR count). The lowest BCUT2D eigenvalue weighted by Crippen LogP contribution is -2.31. The Morgan fingerprint density at radius 2 is 1.33 bits per heavy atom. The van der Waals surface area contributed by atoms with Crippen LogP contribution in [0.25, 0.3) is 33.2 Å². The predicted octanol–water partition coefficient (Wildman–Crippen LogP) is 10.1. The van der Waals surface area contributed by atoms with Gasteiger partial charge in [0.1, 0.15) is 0 Å². The molecule has 2 aliphatic rings. The monoisotopic (exact) mass is 539 g/mol. The zero-order valence-corrected chi connectivity index (χ0v) is 23.1. The van der Waals surface area contributed by atoms with E-state index in [1.54, 1.807) is 0 Å². The average Bonchev–Trinajstić information content (AvgIpc) is 3.07. The summed E-state index contributed by atoms with van der Waals surface area (Å²) in [7, 11) is 0. The fourth-order valence-corrected chi connectivity index (χ4v) is 6.42. The molecule has 42 heavy (non-hydrogen) atoms. The van der Waals surface area contributed by atoms with Gasteiger partial charge in [0.05, 0.1) is 35.0 Å². The van der Waals surface area contributed by atoms with Crippen molar-refractivity contribution in [3.8, 4) is 22.4 Å². The second kappa shape index (κ2) is 10.2. The van der Waals surface area contributed by atoms with E-state index in [4.69, 9.17) is 4.98 Å². The van der Waals surface area contributed by atoms with Crippen LogP contribution in [0.3, 0.4) is 0 Å². The van der Waals surface area contributed by atoms with Crippen LogP contribution in [0.1, 0.15) is 6.42 Å². The van der Waals surface area contributed by atoms with Gasteiger partial charge in [-0.05, 0) is 59.8 Å². The van der Waals surface area contributed by atoms with E-state index in [0.717, 1.165) is 29.1 Å². The van der Waals surface area contributed by atoms with Gasteiger partial charge in [-0.25, -0.2) is 0 Å². The van der Waals surface area contributed by atoms with Crippen molar-refractivity contribution in [2.24, 2.45) is 0 Å².